The van der Waals surface area contributed by atoms with E-state index in [0.717, 1.165) is 17.2 Å². The van der Waals surface area contributed by atoms with Crippen LogP contribution in [0.3, 0.4) is 0 Å². The van der Waals surface area contributed by atoms with Crippen molar-refractivity contribution in [2.24, 2.45) is 5.41 Å². The lowest BCUT2D eigenvalue weighted by atomic mass is 9.87. The van der Waals surface area contributed by atoms with E-state index in [4.69, 9.17) is 20.1 Å². The summed E-state index contributed by atoms with van der Waals surface area (Å²) in [6.07, 6.45) is -4.91. The number of rotatable bonds is 18. The number of anilines is 1. The third-order valence-electron chi connectivity index (χ3n) is 7.11. The Morgan fingerprint density at radius 3 is 2.33 bits per heavy atom. The molecule has 25 nitrogen and oxygen atoms in total. The number of fused-ring (bicyclic) bond motifs is 1. The summed E-state index contributed by atoms with van der Waals surface area (Å²) in [6.45, 7) is 3.53. The molecule has 0 saturated carbocycles. The van der Waals surface area contributed by atoms with Crippen LogP contribution in [0.1, 0.15) is 40.5 Å². The number of nitrogens with one attached hydrogen (secondary N) is 2. The molecule has 28 heteroatoms. The number of carbonyl (C=O) groups is 2. The van der Waals surface area contributed by atoms with Crippen molar-refractivity contribution >= 4 is 58.4 Å². The number of nitrogens with zero attached hydrogens (tertiary/aromatic N) is 4. The SMILES string of the molecule is CCCNC(=O)CCNC(=O)C(O)C(C)(C)COP(=O)([O-])OP(=O)([O-])OCC1OC(C)(n2cnc3c(N)ncnc32)C(O)C1OP(=O)([O-])[O-].O=C=O. The van der Waals surface area contributed by atoms with Gasteiger partial charge in [-0.25, -0.2) is 19.3 Å². The fraction of sp³-hybridized carbons (Fsp3) is 0.667. The van der Waals surface area contributed by atoms with E-state index in [1.807, 2.05) is 6.92 Å². The largest absolute Gasteiger partial charge is 0.790 e. The third-order valence-corrected chi connectivity index (χ3v) is 10.1. The Morgan fingerprint density at radius 1 is 1.12 bits per heavy atom. The van der Waals surface area contributed by atoms with Crippen molar-refractivity contribution in [2.45, 2.75) is 70.7 Å². The molecule has 2 aromatic rings. The summed E-state index contributed by atoms with van der Waals surface area (Å²) in [7, 11) is -17.6. The highest BCUT2D eigenvalue weighted by Gasteiger charge is 2.55. The van der Waals surface area contributed by atoms with E-state index in [9.17, 15) is 53.1 Å². The summed E-state index contributed by atoms with van der Waals surface area (Å²) >= 11 is 0. The quantitative estimate of drug-likeness (QED) is 0.0893. The van der Waals surface area contributed by atoms with Crippen molar-refractivity contribution in [1.29, 1.82) is 0 Å². The van der Waals surface area contributed by atoms with Gasteiger partial charge in [0.1, 0.15) is 36.3 Å². The molecule has 7 atom stereocenters. The molecule has 7 unspecified atom stereocenters. The number of aromatic nitrogens is 4. The predicted molar refractivity (Wildman–Crippen MR) is 161 cm³/mol. The second-order valence-corrected chi connectivity index (χ2v) is 15.7. The van der Waals surface area contributed by atoms with Crippen molar-refractivity contribution in [3.63, 3.8) is 0 Å². The van der Waals surface area contributed by atoms with Gasteiger partial charge < -0.3 is 69.0 Å². The van der Waals surface area contributed by atoms with Gasteiger partial charge in [-0.1, -0.05) is 20.8 Å². The molecule has 1 aliphatic rings. The molecule has 2 aromatic heterocycles. The van der Waals surface area contributed by atoms with Crippen LogP contribution in [0.5, 0.6) is 0 Å². The van der Waals surface area contributed by atoms with Gasteiger partial charge >= 0.3 is 6.15 Å². The molecule has 3 rings (SSSR count). The van der Waals surface area contributed by atoms with Crippen LogP contribution in [0.15, 0.2) is 12.7 Å². The Balaban J connectivity index is 0.00000301. The van der Waals surface area contributed by atoms with Gasteiger partial charge in [0.2, 0.25) is 11.8 Å². The van der Waals surface area contributed by atoms with Gasteiger partial charge in [0, 0.05) is 24.9 Å². The number of phosphoric acid groups is 3. The van der Waals surface area contributed by atoms with Gasteiger partial charge in [0.05, 0.1) is 27.4 Å². The van der Waals surface area contributed by atoms with Crippen molar-refractivity contribution in [3.8, 4) is 0 Å². The first-order chi connectivity index (χ1) is 23.9. The van der Waals surface area contributed by atoms with Gasteiger partial charge in [0.25, 0.3) is 15.6 Å². The number of amides is 2. The summed E-state index contributed by atoms with van der Waals surface area (Å²) in [5, 5.41) is 26.3. The molecule has 294 valence electrons. The Hall–Kier alpha value is -3.08. The maximum Gasteiger partial charge on any atom is 0.373 e. The molecule has 0 aliphatic carbocycles. The molecule has 2 amide bonds. The Labute approximate surface area is 294 Å². The van der Waals surface area contributed by atoms with E-state index >= 15 is 0 Å². The monoisotopic (exact) mass is 803 g/mol. The predicted octanol–water partition coefficient (Wildman–Crippen LogP) is -4.12. The molecule has 0 aromatic carbocycles. The number of nitrogens with two attached hydrogens (primary N) is 1. The average molecular weight is 804 g/mol. The van der Waals surface area contributed by atoms with Crippen molar-refractivity contribution < 1.29 is 85.3 Å². The van der Waals surface area contributed by atoms with Crippen molar-refractivity contribution in [2.75, 3.05) is 32.0 Å². The van der Waals surface area contributed by atoms with Crippen molar-refractivity contribution in [1.82, 2.24) is 30.2 Å². The summed E-state index contributed by atoms with van der Waals surface area (Å²) in [4.78, 5) is 99.8. The van der Waals surface area contributed by atoms with Gasteiger partial charge in [-0.15, -0.1) is 0 Å². The van der Waals surface area contributed by atoms with Crippen LogP contribution in [0.2, 0.25) is 0 Å². The Morgan fingerprint density at radius 2 is 1.73 bits per heavy atom. The molecule has 0 spiro atoms. The zero-order valence-corrected chi connectivity index (χ0v) is 30.5. The molecule has 1 fully saturated rings. The van der Waals surface area contributed by atoms with Crippen molar-refractivity contribution in [3.05, 3.63) is 12.7 Å². The lowest BCUT2D eigenvalue weighted by Crippen LogP contribution is -2.46. The van der Waals surface area contributed by atoms with E-state index in [0.29, 0.717) is 13.0 Å². The highest BCUT2D eigenvalue weighted by molar-refractivity contribution is 7.59. The Bertz CT molecular complexity index is 1730. The zero-order valence-electron chi connectivity index (χ0n) is 27.8. The van der Waals surface area contributed by atoms with Crippen LogP contribution in [0.4, 0.5) is 5.82 Å². The van der Waals surface area contributed by atoms with E-state index in [1.165, 1.54) is 20.8 Å². The number of imidazole rings is 1. The van der Waals surface area contributed by atoms with Crippen LogP contribution in [-0.4, -0.2) is 98.4 Å². The number of aliphatic hydroxyl groups excluding tert-OH is 2. The first-order valence-corrected chi connectivity index (χ1v) is 19.2. The van der Waals surface area contributed by atoms with E-state index in [2.05, 4.69) is 43.5 Å². The number of phosphoric ester groups is 3. The third kappa shape index (κ3) is 12.5. The second kappa shape index (κ2) is 18.3. The summed E-state index contributed by atoms with van der Waals surface area (Å²) in [5.41, 5.74) is 2.09. The molecule has 6 N–H and O–H groups in total. The summed E-state index contributed by atoms with van der Waals surface area (Å²) in [6, 6.07) is 0. The number of aliphatic hydroxyl groups is 2. The zero-order chi connectivity index (χ0) is 39.7. The van der Waals surface area contributed by atoms with Crippen LogP contribution in [0, 0.1) is 5.41 Å². The van der Waals surface area contributed by atoms with Gasteiger partial charge in [-0.05, 0) is 13.3 Å². The fourth-order valence-corrected chi connectivity index (χ4v) is 7.22. The lowest BCUT2D eigenvalue weighted by Gasteiger charge is -2.36. The second-order valence-electron chi connectivity index (χ2n) is 11.6. The molecule has 1 aliphatic heterocycles. The first kappa shape index (κ1) is 45.1. The van der Waals surface area contributed by atoms with Gasteiger partial charge in [0.15, 0.2) is 17.2 Å². The maximum atomic E-state index is 12.5. The number of hydrogen-bond donors (Lipinski definition) is 5. The molecule has 0 bridgehead atoms. The van der Waals surface area contributed by atoms with Crippen LogP contribution in [0.25, 0.3) is 11.2 Å². The standard InChI is InChI=1S/C23H40N7O16P3.CO2/c1-5-7-25-14(31)6-8-26-21(34)18(33)22(2,3)10-43-49(40,41)46-48(38,39)42-9-13-16(45-47(35,36)37)17(32)23(4,44-13)30-12-29-15-19(24)27-11-28-20(15)30;2-1-3/h11-13,16-18,32-33H,5-10H2,1-4H3,(H,25,31)(H,26,34)(H,38,39)(H,40,41)(H2,24,27,28)(H2,35,36,37);/p-4. The Kier molecular flexibility index (Phi) is 15.9. The smallest absolute Gasteiger partial charge is 0.373 e. The number of hydrogen-bond acceptors (Lipinski definition) is 22. The first-order valence-electron chi connectivity index (χ1n) is 14.8. The van der Waals surface area contributed by atoms with E-state index in [-0.39, 0.29) is 42.0 Å². The number of nitrogen functional groups attached to an aromatic ring is 1. The van der Waals surface area contributed by atoms with Crippen LogP contribution >= 0.6 is 23.5 Å². The molecular weight excluding hydrogens is 767 g/mol. The minimum atomic E-state index is -5.90. The van der Waals surface area contributed by atoms with Gasteiger partial charge in [-0.3, -0.25) is 23.3 Å². The van der Waals surface area contributed by atoms with Crippen LogP contribution < -0.4 is 35.9 Å². The highest BCUT2D eigenvalue weighted by atomic mass is 31.3. The molecule has 3 heterocycles. The number of carbonyl (C=O) groups excluding carboxylic acids is 4. The highest BCUT2D eigenvalue weighted by Crippen LogP contribution is 2.56. The summed E-state index contributed by atoms with van der Waals surface area (Å²) < 4.78 is 60.7. The molecular formula is C24H36N7O18P3-4. The van der Waals surface area contributed by atoms with Crippen LogP contribution in [-0.2, 0) is 61.2 Å². The fourth-order valence-electron chi connectivity index (χ4n) is 4.49. The number of ether oxygens (including phenoxy) is 1. The molecule has 52 heavy (non-hydrogen) atoms. The normalized spacial score (nSPS) is 23.4. The van der Waals surface area contributed by atoms with E-state index < -0.39 is 78.1 Å². The van der Waals surface area contributed by atoms with E-state index in [1.54, 1.807) is 0 Å². The summed E-state index contributed by atoms with van der Waals surface area (Å²) in [5.74, 6) is -1.39. The average Bonchev–Trinajstić information content (AvgIpc) is 3.57. The maximum absolute atomic E-state index is 12.5. The topological polar surface area (TPSA) is 392 Å². The minimum absolute atomic E-state index is 0.0237. The van der Waals surface area contributed by atoms with Gasteiger partial charge in [-0.2, -0.15) is 9.59 Å². The minimum Gasteiger partial charge on any atom is -0.790 e. The lowest BCUT2D eigenvalue weighted by molar-refractivity contribution is -0.347. The molecule has 0 radical (unpaired) electrons. The molecule has 1 saturated heterocycles.